The summed E-state index contributed by atoms with van der Waals surface area (Å²) in [6.07, 6.45) is 9.88. The van der Waals surface area contributed by atoms with Gasteiger partial charge in [0.2, 0.25) is 0 Å². The average Bonchev–Trinajstić information content (AvgIpc) is 1.97. The van der Waals surface area contributed by atoms with E-state index in [1.165, 1.54) is 30.2 Å². The Morgan fingerprint density at radius 2 is 2.00 bits per heavy atom. The molecule has 10 heavy (non-hydrogen) atoms. The summed E-state index contributed by atoms with van der Waals surface area (Å²) in [4.78, 5) is 0. The number of hydrogen-bond donors (Lipinski definition) is 0. The minimum absolute atomic E-state index is 0.136. The smallest absolute Gasteiger partial charge is 0.307 e. The summed E-state index contributed by atoms with van der Waals surface area (Å²) in [6, 6.07) is 0. The van der Waals surface area contributed by atoms with E-state index in [-0.39, 0.29) is 18.2 Å². The third-order valence-electron chi connectivity index (χ3n) is 1.40. The fourth-order valence-corrected chi connectivity index (χ4v) is 2.11. The van der Waals surface area contributed by atoms with Crippen molar-refractivity contribution in [1.82, 2.24) is 0 Å². The Bertz CT molecular complexity index is 71.3. The third kappa shape index (κ3) is 8.99. The van der Waals surface area contributed by atoms with Crippen molar-refractivity contribution in [2.75, 3.05) is 0 Å². The number of hydrogen-bond acceptors (Lipinski definition) is 0. The molecule has 0 aromatic carbocycles. The molecule has 0 saturated carbocycles. The standard InChI is InChI=1S/C8H15.BrH.Mg/c1-3-5-7-8-6-4-2;;/h5,7H,1,3-4,6,8H2,2H3;1H;/q;;+1/p-1/b7-5+;;. The van der Waals surface area contributed by atoms with E-state index in [4.69, 9.17) is 0 Å². The minimum Gasteiger partial charge on any atom is -0.307 e. The summed E-state index contributed by atoms with van der Waals surface area (Å²) >= 11 is 3.67. The van der Waals surface area contributed by atoms with E-state index < -0.39 is 0 Å². The maximum absolute atomic E-state index is 3.54. The molecule has 0 rings (SSSR count). The molecule has 2 heteroatoms. The van der Waals surface area contributed by atoms with Gasteiger partial charge in [0.1, 0.15) is 0 Å². The first-order valence-corrected chi connectivity index (χ1v) is 9.02. The van der Waals surface area contributed by atoms with Gasteiger partial charge in [-0.2, -0.15) is 0 Å². The fourth-order valence-electron chi connectivity index (χ4n) is 0.753. The average molecular weight is 215 g/mol. The maximum atomic E-state index is 3.54. The van der Waals surface area contributed by atoms with Crippen molar-refractivity contribution in [3.8, 4) is 0 Å². The van der Waals surface area contributed by atoms with E-state index in [0.717, 1.165) is 0 Å². The predicted octanol–water partition coefficient (Wildman–Crippen LogP) is 3.56. The molecule has 0 heterocycles. The number of halogens is 1. The molecule has 0 aliphatic rings. The molecular weight excluding hydrogens is 200 g/mol. The van der Waals surface area contributed by atoms with Gasteiger partial charge in [0.15, 0.2) is 0 Å². The van der Waals surface area contributed by atoms with Crippen molar-refractivity contribution in [2.45, 2.75) is 37.2 Å². The first-order valence-electron chi connectivity index (χ1n) is 4.12. The fraction of sp³-hybridized carbons (Fsp3) is 0.750. The summed E-state index contributed by atoms with van der Waals surface area (Å²) in [5, 5.41) is 0. The monoisotopic (exact) mass is 214 g/mol. The Balaban J connectivity index is 2.89. The minimum atomic E-state index is 0.136. The van der Waals surface area contributed by atoms with Crippen molar-refractivity contribution in [3.63, 3.8) is 0 Å². The van der Waals surface area contributed by atoms with Crippen molar-refractivity contribution < 1.29 is 0 Å². The molecule has 0 radical (unpaired) electrons. The van der Waals surface area contributed by atoms with Crippen molar-refractivity contribution in [2.24, 2.45) is 0 Å². The molecule has 0 bridgehead atoms. The molecule has 0 unspecified atom stereocenters. The van der Waals surface area contributed by atoms with Crippen LogP contribution < -0.4 is 0 Å². The SMILES string of the molecule is CCCC/C=C/C[CH2][Mg][Br]. The molecule has 0 saturated heterocycles. The van der Waals surface area contributed by atoms with E-state index in [1.54, 1.807) is 0 Å². The highest BCUT2D eigenvalue weighted by atomic mass is 79.9. The summed E-state index contributed by atoms with van der Waals surface area (Å²) in [5.41, 5.74) is 0. The molecule has 0 N–H and O–H groups in total. The van der Waals surface area contributed by atoms with E-state index in [1.807, 2.05) is 0 Å². The second-order valence-corrected chi connectivity index (χ2v) is 5.91. The molecule has 0 aliphatic heterocycles. The molecule has 0 atom stereocenters. The molecule has 0 spiro atoms. The van der Waals surface area contributed by atoms with Crippen LogP contribution >= 0.6 is 12.9 Å². The Hall–Kier alpha value is 0.986. The van der Waals surface area contributed by atoms with Crippen LogP contribution in [0.25, 0.3) is 0 Å². The summed E-state index contributed by atoms with van der Waals surface area (Å²) in [6.45, 7) is 2.24. The number of rotatable bonds is 6. The van der Waals surface area contributed by atoms with Crippen LogP contribution in [0.2, 0.25) is 4.55 Å². The van der Waals surface area contributed by atoms with Crippen molar-refractivity contribution in [1.29, 1.82) is 0 Å². The zero-order valence-corrected chi connectivity index (χ0v) is 9.78. The van der Waals surface area contributed by atoms with Gasteiger partial charge in [0.25, 0.3) is 0 Å². The van der Waals surface area contributed by atoms with Gasteiger partial charge in [-0.1, -0.05) is 38.3 Å². The van der Waals surface area contributed by atoms with E-state index in [2.05, 4.69) is 32.0 Å². The highest BCUT2D eigenvalue weighted by Gasteiger charge is 1.84. The van der Waals surface area contributed by atoms with Gasteiger partial charge in [-0.05, 0) is 6.42 Å². The number of unbranched alkanes of at least 4 members (excludes halogenated alkanes) is 2. The van der Waals surface area contributed by atoms with Gasteiger partial charge in [0, 0.05) is 0 Å². The Morgan fingerprint density at radius 1 is 1.30 bits per heavy atom. The van der Waals surface area contributed by atoms with E-state index in [0.29, 0.717) is 0 Å². The van der Waals surface area contributed by atoms with Crippen LogP contribution in [0.15, 0.2) is 12.2 Å². The lowest BCUT2D eigenvalue weighted by Gasteiger charge is -1.88. The van der Waals surface area contributed by atoms with Crippen molar-refractivity contribution >= 4 is 31.1 Å². The molecule has 0 fully saturated rings. The highest BCUT2D eigenvalue weighted by molar-refractivity contribution is 9.23. The van der Waals surface area contributed by atoms with Gasteiger partial charge >= 0.3 is 18.2 Å². The van der Waals surface area contributed by atoms with Gasteiger partial charge in [-0.25, -0.2) is 0 Å². The second kappa shape index (κ2) is 9.99. The first-order chi connectivity index (χ1) is 4.91. The number of allylic oxidation sites excluding steroid dienone is 2. The van der Waals surface area contributed by atoms with Crippen LogP contribution in [-0.4, -0.2) is 18.2 Å². The van der Waals surface area contributed by atoms with Gasteiger partial charge in [-0.3, -0.25) is 0 Å². The first kappa shape index (κ1) is 11.0. The molecule has 0 aromatic rings. The van der Waals surface area contributed by atoms with Crippen LogP contribution in [0.5, 0.6) is 0 Å². The lowest BCUT2D eigenvalue weighted by molar-refractivity contribution is 0.812. The van der Waals surface area contributed by atoms with Crippen LogP contribution in [0, 0.1) is 0 Å². The van der Waals surface area contributed by atoms with Crippen LogP contribution in [0.4, 0.5) is 0 Å². The lowest BCUT2D eigenvalue weighted by Crippen LogP contribution is -1.73. The van der Waals surface area contributed by atoms with Gasteiger partial charge in [-0.15, -0.1) is 4.55 Å². The van der Waals surface area contributed by atoms with Crippen LogP contribution in [-0.2, 0) is 0 Å². The molecule has 56 valence electrons. The molecule has 0 aromatic heterocycles. The Kier molecular flexibility index (Phi) is 11.0. The highest BCUT2D eigenvalue weighted by Crippen LogP contribution is 1.98. The van der Waals surface area contributed by atoms with Crippen LogP contribution in [0.3, 0.4) is 0 Å². The van der Waals surface area contributed by atoms with Gasteiger partial charge < -0.3 is 12.9 Å². The van der Waals surface area contributed by atoms with Gasteiger partial charge in [0.05, 0.1) is 0 Å². The van der Waals surface area contributed by atoms with Crippen molar-refractivity contribution in [3.05, 3.63) is 12.2 Å². The van der Waals surface area contributed by atoms with E-state index >= 15 is 0 Å². The zero-order chi connectivity index (χ0) is 7.66. The zero-order valence-electron chi connectivity index (χ0n) is 6.78. The predicted molar refractivity (Wildman–Crippen MR) is 52.8 cm³/mol. The molecule has 0 nitrogen and oxygen atoms in total. The molecule has 0 amide bonds. The molecule has 0 aliphatic carbocycles. The van der Waals surface area contributed by atoms with Crippen LogP contribution in [0.1, 0.15) is 32.6 Å². The Morgan fingerprint density at radius 3 is 2.60 bits per heavy atom. The topological polar surface area (TPSA) is 0 Å². The second-order valence-electron chi connectivity index (χ2n) is 2.44. The molecular formula is C8H15BrMg. The maximum Gasteiger partial charge on any atom is 0.468 e. The normalized spacial score (nSPS) is 10.2. The summed E-state index contributed by atoms with van der Waals surface area (Å²) in [5.74, 6) is 0. The summed E-state index contributed by atoms with van der Waals surface area (Å²) < 4.78 is 1.41. The summed E-state index contributed by atoms with van der Waals surface area (Å²) in [7, 11) is 0. The Labute approximate surface area is 80.1 Å². The lowest BCUT2D eigenvalue weighted by atomic mass is 10.2. The van der Waals surface area contributed by atoms with E-state index in [9.17, 15) is 0 Å². The quantitative estimate of drug-likeness (QED) is 0.361. The largest absolute Gasteiger partial charge is 0.468 e. The third-order valence-corrected chi connectivity index (χ3v) is 3.75.